The minimum atomic E-state index is -0.0970. The van der Waals surface area contributed by atoms with Crippen LogP contribution >= 0.6 is 0 Å². The second-order valence-corrected chi connectivity index (χ2v) is 5.22. The van der Waals surface area contributed by atoms with E-state index in [1.54, 1.807) is 11.9 Å². The molecule has 0 aliphatic heterocycles. The van der Waals surface area contributed by atoms with Crippen molar-refractivity contribution in [1.29, 1.82) is 0 Å². The zero-order chi connectivity index (χ0) is 16.7. The van der Waals surface area contributed by atoms with E-state index in [0.717, 1.165) is 17.1 Å². The SMILES string of the molecule is CC(=O)Nc1ccc(NCCC(=O)N(C)c2ccccc2)cc1. The Labute approximate surface area is 136 Å². The summed E-state index contributed by atoms with van der Waals surface area (Å²) in [6, 6.07) is 16.9. The normalized spacial score (nSPS) is 10.0. The average Bonchev–Trinajstić information content (AvgIpc) is 2.56. The predicted molar refractivity (Wildman–Crippen MR) is 93.7 cm³/mol. The van der Waals surface area contributed by atoms with Gasteiger partial charge < -0.3 is 15.5 Å². The van der Waals surface area contributed by atoms with Gasteiger partial charge in [0.05, 0.1) is 0 Å². The molecule has 0 fully saturated rings. The quantitative estimate of drug-likeness (QED) is 0.861. The Morgan fingerprint density at radius 1 is 0.957 bits per heavy atom. The van der Waals surface area contributed by atoms with Crippen molar-refractivity contribution in [3.63, 3.8) is 0 Å². The van der Waals surface area contributed by atoms with Crippen LogP contribution in [0.2, 0.25) is 0 Å². The van der Waals surface area contributed by atoms with Gasteiger partial charge in [-0.25, -0.2) is 0 Å². The maximum absolute atomic E-state index is 12.1. The lowest BCUT2D eigenvalue weighted by Gasteiger charge is -2.17. The average molecular weight is 311 g/mol. The molecule has 5 nitrogen and oxygen atoms in total. The van der Waals surface area contributed by atoms with Gasteiger partial charge in [-0.1, -0.05) is 18.2 Å². The molecule has 0 atom stereocenters. The summed E-state index contributed by atoms with van der Waals surface area (Å²) in [5, 5.41) is 5.91. The maximum atomic E-state index is 12.1. The Balaban J connectivity index is 1.80. The zero-order valence-electron chi connectivity index (χ0n) is 13.4. The summed E-state index contributed by atoms with van der Waals surface area (Å²) < 4.78 is 0. The third-order valence-corrected chi connectivity index (χ3v) is 3.39. The molecule has 2 rings (SSSR count). The van der Waals surface area contributed by atoms with Crippen LogP contribution in [-0.2, 0) is 9.59 Å². The van der Waals surface area contributed by atoms with Gasteiger partial charge in [0, 0.05) is 44.0 Å². The van der Waals surface area contributed by atoms with Gasteiger partial charge in [-0.15, -0.1) is 0 Å². The number of para-hydroxylation sites is 1. The molecular weight excluding hydrogens is 290 g/mol. The smallest absolute Gasteiger partial charge is 0.228 e. The molecule has 0 saturated carbocycles. The van der Waals surface area contributed by atoms with Gasteiger partial charge in [0.25, 0.3) is 0 Å². The molecule has 0 spiro atoms. The van der Waals surface area contributed by atoms with Gasteiger partial charge in [-0.2, -0.15) is 0 Å². The molecule has 2 aromatic carbocycles. The Morgan fingerprint density at radius 3 is 2.17 bits per heavy atom. The molecule has 0 aliphatic carbocycles. The summed E-state index contributed by atoms with van der Waals surface area (Å²) in [7, 11) is 1.78. The molecule has 0 aliphatic rings. The Hall–Kier alpha value is -2.82. The lowest BCUT2D eigenvalue weighted by atomic mass is 10.2. The molecule has 0 saturated heterocycles. The summed E-state index contributed by atoms with van der Waals surface area (Å²) in [6.07, 6.45) is 0.402. The summed E-state index contributed by atoms with van der Waals surface area (Å²) in [4.78, 5) is 24.8. The van der Waals surface area contributed by atoms with Crippen LogP contribution in [0.15, 0.2) is 54.6 Å². The monoisotopic (exact) mass is 311 g/mol. The molecule has 0 aromatic heterocycles. The Bertz CT molecular complexity index is 654. The first-order valence-electron chi connectivity index (χ1n) is 7.49. The minimum absolute atomic E-state index is 0.0542. The van der Waals surface area contributed by atoms with Crippen LogP contribution in [0, 0.1) is 0 Å². The number of nitrogens with zero attached hydrogens (tertiary/aromatic N) is 1. The molecule has 0 heterocycles. The topological polar surface area (TPSA) is 61.4 Å². The lowest BCUT2D eigenvalue weighted by molar-refractivity contribution is -0.118. The fourth-order valence-electron chi connectivity index (χ4n) is 2.15. The van der Waals surface area contributed by atoms with Crippen LogP contribution in [0.3, 0.4) is 0 Å². The van der Waals surface area contributed by atoms with Crippen LogP contribution in [0.4, 0.5) is 17.1 Å². The number of hydrogen-bond donors (Lipinski definition) is 2. The number of amides is 2. The van der Waals surface area contributed by atoms with Gasteiger partial charge in [-0.05, 0) is 36.4 Å². The third-order valence-electron chi connectivity index (χ3n) is 3.39. The van der Waals surface area contributed by atoms with E-state index in [2.05, 4.69) is 10.6 Å². The predicted octanol–water partition coefficient (Wildman–Crippen LogP) is 3.11. The van der Waals surface area contributed by atoms with Crippen molar-refractivity contribution in [2.45, 2.75) is 13.3 Å². The van der Waals surface area contributed by atoms with Crippen molar-refractivity contribution in [2.75, 3.05) is 29.1 Å². The Kier molecular flexibility index (Phi) is 5.74. The molecule has 23 heavy (non-hydrogen) atoms. The van der Waals surface area contributed by atoms with Gasteiger partial charge >= 0.3 is 0 Å². The first kappa shape index (κ1) is 16.5. The van der Waals surface area contributed by atoms with Crippen molar-refractivity contribution in [3.8, 4) is 0 Å². The minimum Gasteiger partial charge on any atom is -0.385 e. The zero-order valence-corrected chi connectivity index (χ0v) is 13.4. The summed E-state index contributed by atoms with van der Waals surface area (Å²) in [6.45, 7) is 2.02. The highest BCUT2D eigenvalue weighted by atomic mass is 16.2. The van der Waals surface area contributed by atoms with Gasteiger partial charge in [0.15, 0.2) is 0 Å². The van der Waals surface area contributed by atoms with Crippen LogP contribution in [0.25, 0.3) is 0 Å². The highest BCUT2D eigenvalue weighted by Gasteiger charge is 2.09. The molecule has 2 aromatic rings. The molecule has 2 N–H and O–H groups in total. The second-order valence-electron chi connectivity index (χ2n) is 5.22. The van der Waals surface area contributed by atoms with Crippen molar-refractivity contribution < 1.29 is 9.59 Å². The van der Waals surface area contributed by atoms with Crippen molar-refractivity contribution in [2.24, 2.45) is 0 Å². The fraction of sp³-hybridized carbons (Fsp3) is 0.222. The van der Waals surface area contributed by atoms with Crippen LogP contribution in [-0.4, -0.2) is 25.4 Å². The van der Waals surface area contributed by atoms with E-state index < -0.39 is 0 Å². The standard InChI is InChI=1S/C18H21N3O2/c1-14(22)20-16-10-8-15(9-11-16)19-13-12-18(23)21(2)17-6-4-3-5-7-17/h3-11,19H,12-13H2,1-2H3,(H,20,22). The second kappa shape index (κ2) is 7.98. The first-order chi connectivity index (χ1) is 11.1. The number of carbonyl (C=O) groups excluding carboxylic acids is 2. The number of rotatable bonds is 6. The molecule has 0 bridgehead atoms. The molecule has 0 unspecified atom stereocenters. The molecule has 120 valence electrons. The number of carbonyl (C=O) groups is 2. The number of anilines is 3. The molecule has 0 radical (unpaired) electrons. The first-order valence-corrected chi connectivity index (χ1v) is 7.49. The van der Waals surface area contributed by atoms with Crippen LogP contribution in [0.5, 0.6) is 0 Å². The summed E-state index contributed by atoms with van der Waals surface area (Å²) in [5.74, 6) is -0.0428. The lowest BCUT2D eigenvalue weighted by Crippen LogP contribution is -2.27. The van der Waals surface area contributed by atoms with Gasteiger partial charge in [0.2, 0.25) is 11.8 Å². The van der Waals surface area contributed by atoms with E-state index in [-0.39, 0.29) is 11.8 Å². The fourth-order valence-corrected chi connectivity index (χ4v) is 2.15. The van der Waals surface area contributed by atoms with E-state index >= 15 is 0 Å². The van der Waals surface area contributed by atoms with E-state index in [9.17, 15) is 9.59 Å². The van der Waals surface area contributed by atoms with E-state index in [1.807, 2.05) is 54.6 Å². The number of benzene rings is 2. The van der Waals surface area contributed by atoms with Crippen molar-refractivity contribution in [1.82, 2.24) is 0 Å². The van der Waals surface area contributed by atoms with E-state index in [0.29, 0.717) is 13.0 Å². The molecule has 5 heteroatoms. The van der Waals surface area contributed by atoms with Crippen LogP contribution in [0.1, 0.15) is 13.3 Å². The van der Waals surface area contributed by atoms with Crippen molar-refractivity contribution in [3.05, 3.63) is 54.6 Å². The van der Waals surface area contributed by atoms with Crippen LogP contribution < -0.4 is 15.5 Å². The number of nitrogens with one attached hydrogen (secondary N) is 2. The van der Waals surface area contributed by atoms with E-state index in [4.69, 9.17) is 0 Å². The maximum Gasteiger partial charge on any atom is 0.228 e. The highest BCUT2D eigenvalue weighted by Crippen LogP contribution is 2.14. The number of hydrogen-bond acceptors (Lipinski definition) is 3. The molecular formula is C18H21N3O2. The van der Waals surface area contributed by atoms with Gasteiger partial charge in [0.1, 0.15) is 0 Å². The summed E-state index contributed by atoms with van der Waals surface area (Å²) >= 11 is 0. The largest absolute Gasteiger partial charge is 0.385 e. The third kappa shape index (κ3) is 5.14. The van der Waals surface area contributed by atoms with Gasteiger partial charge in [-0.3, -0.25) is 9.59 Å². The highest BCUT2D eigenvalue weighted by molar-refractivity contribution is 5.93. The Morgan fingerprint density at radius 2 is 1.57 bits per heavy atom. The molecule has 2 amide bonds. The summed E-state index contributed by atoms with van der Waals surface area (Å²) in [5.41, 5.74) is 2.55. The van der Waals surface area contributed by atoms with Crippen molar-refractivity contribution >= 4 is 28.9 Å². The van der Waals surface area contributed by atoms with E-state index in [1.165, 1.54) is 6.92 Å².